The SMILES string of the molecule is CC(C)c1cc(C(C)C)c(S(=O)(=O)OC2C(CO)OC(n3c(N(C)N)nc4c(N)ncnc43)C2O)c(C(C)C)c1. The van der Waals surface area contributed by atoms with Gasteiger partial charge in [0.05, 0.1) is 6.61 Å². The number of aliphatic hydroxyl groups excluding tert-OH is 2. The lowest BCUT2D eigenvalue weighted by atomic mass is 9.89. The number of imidazole rings is 1. The van der Waals surface area contributed by atoms with Crippen molar-refractivity contribution in [3.8, 4) is 0 Å². The van der Waals surface area contributed by atoms with Gasteiger partial charge in [-0.05, 0) is 34.4 Å². The molecule has 0 saturated carbocycles. The number of rotatable bonds is 9. The minimum absolute atomic E-state index is 0.0743. The summed E-state index contributed by atoms with van der Waals surface area (Å²) in [6.45, 7) is 11.2. The van der Waals surface area contributed by atoms with E-state index in [1.54, 1.807) is 0 Å². The van der Waals surface area contributed by atoms with E-state index in [1.807, 2.05) is 39.8 Å². The van der Waals surface area contributed by atoms with Crippen LogP contribution < -0.4 is 16.6 Å². The van der Waals surface area contributed by atoms with Crippen molar-refractivity contribution in [1.82, 2.24) is 19.5 Å². The van der Waals surface area contributed by atoms with E-state index in [0.717, 1.165) is 5.56 Å². The van der Waals surface area contributed by atoms with Crippen molar-refractivity contribution in [2.75, 3.05) is 24.4 Å². The van der Waals surface area contributed by atoms with E-state index in [2.05, 4.69) is 28.8 Å². The predicted molar refractivity (Wildman–Crippen MR) is 150 cm³/mol. The fourth-order valence-electron chi connectivity index (χ4n) is 4.97. The fourth-order valence-corrected chi connectivity index (χ4v) is 6.76. The van der Waals surface area contributed by atoms with Crippen LogP contribution in [0.2, 0.25) is 0 Å². The van der Waals surface area contributed by atoms with Gasteiger partial charge in [-0.1, -0.05) is 53.7 Å². The van der Waals surface area contributed by atoms with E-state index in [0.29, 0.717) is 11.1 Å². The molecular formula is C26H39N7O6S. The van der Waals surface area contributed by atoms with Crippen molar-refractivity contribution in [1.29, 1.82) is 0 Å². The summed E-state index contributed by atoms with van der Waals surface area (Å²) in [6.07, 6.45) is -4.23. The van der Waals surface area contributed by atoms with Crippen LogP contribution in [0, 0.1) is 0 Å². The Morgan fingerprint density at radius 3 is 2.20 bits per heavy atom. The maximum atomic E-state index is 14.0. The molecule has 13 nitrogen and oxygen atoms in total. The summed E-state index contributed by atoms with van der Waals surface area (Å²) in [4.78, 5) is 12.6. The lowest BCUT2D eigenvalue weighted by Crippen LogP contribution is -2.38. The van der Waals surface area contributed by atoms with Crippen molar-refractivity contribution in [2.45, 2.75) is 88.7 Å². The Hall–Kier alpha value is -2.88. The molecule has 0 radical (unpaired) electrons. The molecule has 3 heterocycles. The van der Waals surface area contributed by atoms with Crippen LogP contribution in [0.3, 0.4) is 0 Å². The highest BCUT2D eigenvalue weighted by molar-refractivity contribution is 7.86. The number of anilines is 2. The summed E-state index contributed by atoms with van der Waals surface area (Å²) in [5.41, 5.74) is 8.67. The average Bonchev–Trinajstić information content (AvgIpc) is 3.41. The quantitative estimate of drug-likeness (QED) is 0.165. The fraction of sp³-hybridized carbons (Fsp3) is 0.577. The summed E-state index contributed by atoms with van der Waals surface area (Å²) >= 11 is 0. The lowest BCUT2D eigenvalue weighted by Gasteiger charge is -2.25. The molecule has 4 atom stereocenters. The van der Waals surface area contributed by atoms with Gasteiger partial charge in [-0.2, -0.15) is 8.42 Å². The van der Waals surface area contributed by atoms with E-state index in [-0.39, 0.29) is 45.6 Å². The van der Waals surface area contributed by atoms with Gasteiger partial charge < -0.3 is 20.7 Å². The standard InChI is InChI=1S/C26H39N7O6S/c1-12(2)15-8-16(13(3)4)22(17(9-15)14(5)6)40(36,37)39-21-18(10-34)38-25(20(21)35)33-24-19(23(27)29-11-30-24)31-26(33)32(7)28/h8-9,11-14,18,20-21,25,34-35H,10,28H2,1-7H3,(H2,27,29,30). The van der Waals surface area contributed by atoms with Crippen LogP contribution in [0.5, 0.6) is 0 Å². The van der Waals surface area contributed by atoms with Gasteiger partial charge in [-0.15, -0.1) is 0 Å². The van der Waals surface area contributed by atoms with Gasteiger partial charge in [0.2, 0.25) is 5.95 Å². The van der Waals surface area contributed by atoms with Gasteiger partial charge in [-0.3, -0.25) is 13.8 Å². The number of benzene rings is 1. The van der Waals surface area contributed by atoms with Crippen LogP contribution in [-0.4, -0.2) is 70.1 Å². The van der Waals surface area contributed by atoms with Crippen LogP contribution >= 0.6 is 0 Å². The van der Waals surface area contributed by atoms with Gasteiger partial charge in [0.1, 0.15) is 29.5 Å². The third-order valence-corrected chi connectivity index (χ3v) is 8.56. The molecule has 0 bridgehead atoms. The number of nitrogen functional groups attached to an aromatic ring is 1. The lowest BCUT2D eigenvalue weighted by molar-refractivity contribution is -0.0495. The van der Waals surface area contributed by atoms with Crippen LogP contribution in [-0.2, 0) is 19.0 Å². The zero-order chi connectivity index (χ0) is 29.7. The van der Waals surface area contributed by atoms with Gasteiger partial charge in [0, 0.05) is 7.05 Å². The van der Waals surface area contributed by atoms with Crippen LogP contribution in [0.25, 0.3) is 11.2 Å². The molecule has 0 amide bonds. The van der Waals surface area contributed by atoms with Crippen molar-refractivity contribution in [3.63, 3.8) is 0 Å². The van der Waals surface area contributed by atoms with E-state index >= 15 is 0 Å². The van der Waals surface area contributed by atoms with E-state index in [4.69, 9.17) is 20.5 Å². The number of hydrogen-bond donors (Lipinski definition) is 4. The zero-order valence-corrected chi connectivity index (χ0v) is 24.6. The molecule has 14 heteroatoms. The number of aliphatic hydroxyl groups is 2. The van der Waals surface area contributed by atoms with Crippen LogP contribution in [0.4, 0.5) is 11.8 Å². The number of hydrogen-bond acceptors (Lipinski definition) is 12. The molecule has 1 aliphatic rings. The number of ether oxygens (including phenoxy) is 1. The Morgan fingerprint density at radius 1 is 1.10 bits per heavy atom. The van der Waals surface area contributed by atoms with Crippen LogP contribution in [0.15, 0.2) is 23.4 Å². The first-order chi connectivity index (χ1) is 18.7. The van der Waals surface area contributed by atoms with Gasteiger partial charge in [0.15, 0.2) is 23.2 Å². The van der Waals surface area contributed by atoms with Crippen molar-refractivity contribution >= 4 is 33.0 Å². The summed E-state index contributed by atoms with van der Waals surface area (Å²) in [6, 6.07) is 3.80. The molecule has 4 unspecified atom stereocenters. The Morgan fingerprint density at radius 2 is 1.70 bits per heavy atom. The largest absolute Gasteiger partial charge is 0.394 e. The molecule has 1 fully saturated rings. The minimum atomic E-state index is -4.44. The molecule has 2 aromatic heterocycles. The van der Waals surface area contributed by atoms with E-state index in [9.17, 15) is 18.6 Å². The molecule has 40 heavy (non-hydrogen) atoms. The Kier molecular flexibility index (Phi) is 8.41. The van der Waals surface area contributed by atoms with Gasteiger partial charge in [-0.25, -0.2) is 20.8 Å². The summed E-state index contributed by atoms with van der Waals surface area (Å²) < 4.78 is 41.1. The summed E-state index contributed by atoms with van der Waals surface area (Å²) in [7, 11) is -2.92. The zero-order valence-electron chi connectivity index (χ0n) is 23.8. The smallest absolute Gasteiger partial charge is 0.298 e. The number of nitrogens with two attached hydrogens (primary N) is 2. The van der Waals surface area contributed by atoms with E-state index in [1.165, 1.54) is 23.0 Å². The molecule has 1 aliphatic heterocycles. The topological polar surface area (TPSA) is 192 Å². The second-order valence-electron chi connectivity index (χ2n) is 11.1. The number of fused-ring (bicyclic) bond motifs is 1. The Labute approximate surface area is 234 Å². The highest BCUT2D eigenvalue weighted by Gasteiger charge is 2.49. The molecular weight excluding hydrogens is 538 g/mol. The normalized spacial score (nSPS) is 21.8. The van der Waals surface area contributed by atoms with Crippen molar-refractivity contribution < 1.29 is 27.6 Å². The minimum Gasteiger partial charge on any atom is -0.394 e. The number of aromatic nitrogens is 4. The van der Waals surface area contributed by atoms with Crippen LogP contribution in [0.1, 0.15) is 82.2 Å². The third kappa shape index (κ3) is 5.27. The summed E-state index contributed by atoms with van der Waals surface area (Å²) in [5.74, 6) is 6.14. The number of nitrogens with zero attached hydrogens (tertiary/aromatic N) is 5. The molecule has 4 rings (SSSR count). The van der Waals surface area contributed by atoms with Crippen molar-refractivity contribution in [2.24, 2.45) is 5.84 Å². The van der Waals surface area contributed by atoms with Gasteiger partial charge >= 0.3 is 0 Å². The molecule has 3 aromatic rings. The maximum Gasteiger partial charge on any atom is 0.298 e. The first kappa shape index (κ1) is 30.1. The third-order valence-electron chi connectivity index (χ3n) is 7.11. The van der Waals surface area contributed by atoms with Crippen molar-refractivity contribution in [3.05, 3.63) is 35.2 Å². The predicted octanol–water partition coefficient (Wildman–Crippen LogP) is 2.11. The Bertz CT molecular complexity index is 1460. The number of hydrazine groups is 1. The maximum absolute atomic E-state index is 14.0. The molecule has 0 aliphatic carbocycles. The molecule has 1 saturated heterocycles. The summed E-state index contributed by atoms with van der Waals surface area (Å²) in [5, 5.41) is 22.7. The highest BCUT2D eigenvalue weighted by atomic mass is 32.2. The molecule has 0 spiro atoms. The monoisotopic (exact) mass is 577 g/mol. The first-order valence-corrected chi connectivity index (χ1v) is 14.6. The molecule has 1 aromatic carbocycles. The van der Waals surface area contributed by atoms with Gasteiger partial charge in [0.25, 0.3) is 10.1 Å². The Balaban J connectivity index is 1.80. The van der Waals surface area contributed by atoms with E-state index < -0.39 is 41.3 Å². The second-order valence-corrected chi connectivity index (χ2v) is 12.6. The first-order valence-electron chi connectivity index (χ1n) is 13.2. The molecule has 220 valence electrons. The second kappa shape index (κ2) is 11.2. The average molecular weight is 578 g/mol. The highest BCUT2D eigenvalue weighted by Crippen LogP contribution is 2.40. The molecule has 6 N–H and O–H groups in total.